The van der Waals surface area contributed by atoms with E-state index in [-0.39, 0.29) is 67.7 Å². The first-order valence-electron chi connectivity index (χ1n) is 21.5. The first kappa shape index (κ1) is 53.8. The number of ether oxygens (including phenoxy) is 2. The normalized spacial score (nSPS) is 16.5. The number of thiophene rings is 1. The van der Waals surface area contributed by atoms with Gasteiger partial charge in [-0.25, -0.2) is 38.3 Å². The maximum absolute atomic E-state index is 12.0. The SMILES string of the molecule is CC[NH+]1CCn2ccnc2C1.COc1ncc(-c2nc(N3CCOCC3)nc3c(CN4CCn5ccnc5C4)c(C)sc23)cc1NS(C)(=O)=O.FB(F)CCl.[F-].[K+].c1cn2c(n1)CCCC2. The third kappa shape index (κ3) is 14.2. The molecule has 0 saturated carbocycles. The van der Waals surface area contributed by atoms with Gasteiger partial charge in [0, 0.05) is 105 Å². The molecule has 66 heavy (non-hydrogen) atoms. The predicted octanol–water partition coefficient (Wildman–Crippen LogP) is -1.79. The molecule has 6 aromatic heterocycles. The van der Waals surface area contributed by atoms with Crippen LogP contribution in [0.2, 0.25) is 0 Å². The van der Waals surface area contributed by atoms with E-state index in [1.165, 1.54) is 68.1 Å². The molecule has 1 atom stereocenters. The van der Waals surface area contributed by atoms with Crippen molar-refractivity contribution >= 4 is 62.1 Å². The minimum Gasteiger partial charge on any atom is -1.00 e. The van der Waals surface area contributed by atoms with Crippen LogP contribution in [0.3, 0.4) is 0 Å². The molecule has 4 aliphatic rings. The summed E-state index contributed by atoms with van der Waals surface area (Å²) in [6.45, 7) is 16.2. The molecule has 0 spiro atoms. The van der Waals surface area contributed by atoms with Crippen molar-refractivity contribution in [1.82, 2.24) is 48.5 Å². The van der Waals surface area contributed by atoms with Crippen LogP contribution in [-0.4, -0.2) is 129 Å². The van der Waals surface area contributed by atoms with Crippen molar-refractivity contribution in [2.45, 2.75) is 72.4 Å². The van der Waals surface area contributed by atoms with E-state index in [0.29, 0.717) is 43.5 Å². The van der Waals surface area contributed by atoms with E-state index in [9.17, 15) is 17.0 Å². The van der Waals surface area contributed by atoms with Crippen molar-refractivity contribution in [3.05, 3.63) is 77.4 Å². The molecule has 6 aromatic rings. The molecular weight excluding hydrogens is 945 g/mol. The number of anilines is 2. The van der Waals surface area contributed by atoms with E-state index in [2.05, 4.69) is 86.0 Å². The molecule has 4 aliphatic heterocycles. The Morgan fingerprint density at radius 2 is 1.61 bits per heavy atom. The van der Waals surface area contributed by atoms with Gasteiger partial charge in [-0.05, 0) is 32.8 Å². The number of hydrogen-bond donors (Lipinski definition) is 2. The van der Waals surface area contributed by atoms with Crippen molar-refractivity contribution in [1.29, 1.82) is 0 Å². The topological polar surface area (TPSA) is 168 Å². The monoisotopic (exact) mass is 1000 g/mol. The Kier molecular flexibility index (Phi) is 20.7. The molecule has 2 N–H and O–H groups in total. The second kappa shape index (κ2) is 25.4. The maximum atomic E-state index is 12.0. The van der Waals surface area contributed by atoms with Gasteiger partial charge in [0.15, 0.2) is 5.82 Å². The van der Waals surface area contributed by atoms with E-state index < -0.39 is 23.1 Å². The van der Waals surface area contributed by atoms with E-state index in [4.69, 9.17) is 19.4 Å². The van der Waals surface area contributed by atoms with Gasteiger partial charge in [0.2, 0.25) is 21.9 Å². The Balaban J connectivity index is 0.000000244. The minimum atomic E-state index is -3.55. The van der Waals surface area contributed by atoms with Gasteiger partial charge in [-0.1, -0.05) is 0 Å². The molecule has 1 fully saturated rings. The molecule has 1 saturated heterocycles. The number of quaternary nitrogens is 1. The quantitative estimate of drug-likeness (QED) is 0.124. The molecule has 0 amide bonds. The molecule has 10 rings (SSSR count). The summed E-state index contributed by atoms with van der Waals surface area (Å²) in [5.41, 5.74) is 3.73. The Morgan fingerprint density at radius 3 is 2.26 bits per heavy atom. The number of likely N-dealkylation sites (N-methyl/N-ethyl adjacent to an activating group) is 1. The number of sulfonamides is 1. The van der Waals surface area contributed by atoms with E-state index in [1.807, 2.05) is 24.8 Å². The van der Waals surface area contributed by atoms with E-state index in [1.54, 1.807) is 28.5 Å². The summed E-state index contributed by atoms with van der Waals surface area (Å²) in [6.07, 6.45) is 18.4. The van der Waals surface area contributed by atoms with Crippen molar-refractivity contribution in [3.8, 4) is 17.1 Å². The van der Waals surface area contributed by atoms with Crippen LogP contribution in [0.5, 0.6) is 5.88 Å². The van der Waals surface area contributed by atoms with Gasteiger partial charge >= 0.3 is 58.7 Å². The average Bonchev–Trinajstić information content (AvgIpc) is 4.14. The second-order valence-corrected chi connectivity index (χ2v) is 19.1. The largest absolute Gasteiger partial charge is 1.00 e. The Morgan fingerprint density at radius 1 is 0.939 bits per heavy atom. The van der Waals surface area contributed by atoms with Gasteiger partial charge < -0.3 is 37.7 Å². The predicted molar refractivity (Wildman–Crippen MR) is 246 cm³/mol. The number of halogens is 4. The number of nitrogens with zero attached hydrogens (tertiary/aromatic N) is 11. The summed E-state index contributed by atoms with van der Waals surface area (Å²) in [5.74, 6) is 3.84. The van der Waals surface area contributed by atoms with Gasteiger partial charge in [0.25, 0.3) is 0 Å². The van der Waals surface area contributed by atoms with Crippen molar-refractivity contribution in [2.24, 2.45) is 0 Å². The first-order chi connectivity index (χ1) is 30.9. The number of nitrogens with one attached hydrogen (secondary N) is 2. The van der Waals surface area contributed by atoms with Gasteiger partial charge in [-0.2, -0.15) is 0 Å². The fraction of sp³-hybridized carbons (Fsp3) is 0.512. The zero-order valence-electron chi connectivity index (χ0n) is 38.1. The van der Waals surface area contributed by atoms with Crippen LogP contribution >= 0.6 is 22.9 Å². The maximum Gasteiger partial charge on any atom is 1.00 e. The van der Waals surface area contributed by atoms with Gasteiger partial charge in [-0.15, -0.1) is 22.9 Å². The fourth-order valence-corrected chi connectivity index (χ4v) is 9.61. The summed E-state index contributed by atoms with van der Waals surface area (Å²) in [5, 5.41) is 0. The number of aromatic nitrogens is 9. The molecule has 352 valence electrons. The molecular formula is C41H56BClF3KN13O4S2+. The molecule has 0 aliphatic carbocycles. The van der Waals surface area contributed by atoms with Gasteiger partial charge in [0.1, 0.15) is 23.9 Å². The number of aryl methyl sites for hydroxylation is 3. The number of fused-ring (bicyclic) bond motifs is 4. The number of pyridine rings is 1. The minimum absolute atomic E-state index is 0. The summed E-state index contributed by atoms with van der Waals surface area (Å²) < 4.78 is 66.4. The second-order valence-electron chi connectivity index (χ2n) is 15.8. The number of hydrogen-bond acceptors (Lipinski definition) is 13. The third-order valence-corrected chi connectivity index (χ3v) is 13.3. The van der Waals surface area contributed by atoms with Gasteiger partial charge in [0.05, 0.1) is 74.4 Å². The number of morpholine rings is 1. The number of methoxy groups -OCH3 is 1. The number of alkyl halides is 1. The Bertz CT molecular complexity index is 2560. The molecule has 17 nitrogen and oxygen atoms in total. The van der Waals surface area contributed by atoms with Crippen LogP contribution < -0.4 is 75.3 Å². The van der Waals surface area contributed by atoms with Crippen LogP contribution in [0.4, 0.5) is 20.3 Å². The van der Waals surface area contributed by atoms with Crippen LogP contribution in [0, 0.1) is 6.92 Å². The van der Waals surface area contributed by atoms with Crippen molar-refractivity contribution < 1.29 is 87.5 Å². The summed E-state index contributed by atoms with van der Waals surface area (Å²) in [4.78, 5) is 34.8. The van der Waals surface area contributed by atoms with Crippen LogP contribution in [0.15, 0.2) is 49.4 Å². The molecule has 0 aromatic carbocycles. The van der Waals surface area contributed by atoms with Crippen LogP contribution in [0.1, 0.15) is 47.7 Å². The smallest absolute Gasteiger partial charge is 1.00 e. The Hall–Kier alpha value is -3.17. The van der Waals surface area contributed by atoms with E-state index >= 15 is 0 Å². The summed E-state index contributed by atoms with van der Waals surface area (Å²) in [7, 11) is -4.44. The fourth-order valence-electron chi connectivity index (χ4n) is 7.95. The standard InChI is InChI=1S/C25H30N8O4S2.C8H13N3.C7H10N2.CH2BClF2.FH.K/c1-16-18(14-31-6-7-32-5-4-26-20(32)15-31)22-23(38-16)21(28-25(29-22)33-8-10-37-11-9-33)17-12-19(30-39(3,34)35)24(36-2)27-13-17;1-2-10-5-6-11-4-3-9-8(11)7-10;1-2-5-9-6-4-8-7(9)3-1;3-1-2(4)5;;/h4-5,12-13,30H,6-11,14-15H2,1-3H3;3-4H,2,5-7H2,1H3;4,6H,1-3,5H2;1H2;1H;/q;;;;;+1. The van der Waals surface area contributed by atoms with Crippen LogP contribution in [-0.2, 0) is 60.4 Å². The molecule has 0 radical (unpaired) electrons. The molecule has 10 heterocycles. The van der Waals surface area contributed by atoms with Crippen LogP contribution in [0.25, 0.3) is 21.5 Å². The summed E-state index contributed by atoms with van der Waals surface area (Å²) >= 11 is 6.23. The van der Waals surface area contributed by atoms with Crippen molar-refractivity contribution in [2.75, 3.05) is 74.7 Å². The average molecular weight is 1000 g/mol. The molecule has 1 unspecified atom stereocenters. The zero-order chi connectivity index (χ0) is 45.2. The molecule has 25 heteroatoms. The summed E-state index contributed by atoms with van der Waals surface area (Å²) in [6, 6.07) is 1.72. The van der Waals surface area contributed by atoms with E-state index in [0.717, 1.165) is 61.6 Å². The number of imidazole rings is 3. The molecule has 0 bridgehead atoms. The first-order valence-corrected chi connectivity index (χ1v) is 24.7. The zero-order valence-corrected chi connectivity index (χ0v) is 43.6. The number of rotatable bonds is 9. The third-order valence-electron chi connectivity index (χ3n) is 11.3. The van der Waals surface area contributed by atoms with Crippen molar-refractivity contribution in [3.63, 3.8) is 0 Å². The van der Waals surface area contributed by atoms with Gasteiger partial charge in [-0.3, -0.25) is 18.3 Å². The Labute approximate surface area is 435 Å².